The van der Waals surface area contributed by atoms with Crippen LogP contribution in [-0.4, -0.2) is 27.6 Å². The van der Waals surface area contributed by atoms with Crippen molar-refractivity contribution >= 4 is 38.7 Å². The number of benzene rings is 1. The van der Waals surface area contributed by atoms with E-state index in [-0.39, 0.29) is 6.42 Å². The smallest absolute Gasteiger partial charge is 0.321 e. The number of urea groups is 1. The number of nitrogens with zero attached hydrogens (tertiary/aromatic N) is 1. The maximum Gasteiger partial charge on any atom is 0.321 e. The molecule has 21 heavy (non-hydrogen) atoms. The first-order valence-electron chi connectivity index (χ1n) is 6.73. The first kappa shape index (κ1) is 13.8. The number of aromatic nitrogens is 1. The van der Waals surface area contributed by atoms with Gasteiger partial charge in [-0.2, -0.15) is 0 Å². The number of rotatable bonds is 4. The average Bonchev–Trinajstić information content (AvgIpc) is 2.77. The fourth-order valence-electron chi connectivity index (χ4n) is 2.53. The Hall–Kier alpha value is -2.15. The average molecular weight is 305 g/mol. The number of fused-ring (bicyclic) bond motifs is 1. The van der Waals surface area contributed by atoms with Crippen molar-refractivity contribution < 1.29 is 14.7 Å². The minimum atomic E-state index is -0.894. The van der Waals surface area contributed by atoms with Crippen LogP contribution in [0, 0.1) is 0 Å². The molecule has 0 radical (unpaired) electrons. The Labute approximate surface area is 125 Å². The van der Waals surface area contributed by atoms with Crippen LogP contribution in [-0.2, 0) is 4.79 Å². The van der Waals surface area contributed by atoms with Gasteiger partial charge in [-0.1, -0.05) is 23.5 Å². The second-order valence-electron chi connectivity index (χ2n) is 5.27. The van der Waals surface area contributed by atoms with Gasteiger partial charge >= 0.3 is 12.0 Å². The summed E-state index contributed by atoms with van der Waals surface area (Å²) in [5, 5.41) is 14.9. The molecule has 0 aliphatic heterocycles. The molecule has 3 N–H and O–H groups in total. The zero-order valence-electron chi connectivity index (χ0n) is 11.3. The number of anilines is 1. The second kappa shape index (κ2) is 5.33. The van der Waals surface area contributed by atoms with Gasteiger partial charge in [-0.3, -0.25) is 10.1 Å². The number of carbonyl (C=O) groups is 2. The van der Waals surface area contributed by atoms with E-state index in [0.717, 1.165) is 16.6 Å². The van der Waals surface area contributed by atoms with Gasteiger partial charge in [0.1, 0.15) is 0 Å². The van der Waals surface area contributed by atoms with Gasteiger partial charge in [-0.25, -0.2) is 9.78 Å². The summed E-state index contributed by atoms with van der Waals surface area (Å²) in [7, 11) is 0. The number of carboxylic acid groups (broad SMARTS) is 1. The monoisotopic (exact) mass is 305 g/mol. The molecule has 0 saturated heterocycles. The van der Waals surface area contributed by atoms with Gasteiger partial charge in [0.15, 0.2) is 5.13 Å². The van der Waals surface area contributed by atoms with Crippen molar-refractivity contribution in [3.8, 4) is 0 Å². The van der Waals surface area contributed by atoms with Gasteiger partial charge in [0.25, 0.3) is 0 Å². The normalized spacial score (nSPS) is 16.2. The summed E-state index contributed by atoms with van der Waals surface area (Å²) >= 11 is 1.39. The molecule has 0 spiro atoms. The fourth-order valence-corrected chi connectivity index (χ4v) is 3.39. The molecule has 1 fully saturated rings. The summed E-state index contributed by atoms with van der Waals surface area (Å²) in [4.78, 5) is 27.2. The number of hydrogen-bond donors (Lipinski definition) is 3. The molecule has 6 nitrogen and oxygen atoms in total. The molecule has 1 aliphatic rings. The first-order chi connectivity index (χ1) is 10.1. The molecule has 1 aliphatic carbocycles. The van der Waals surface area contributed by atoms with Crippen molar-refractivity contribution in [3.63, 3.8) is 0 Å². The van der Waals surface area contributed by atoms with Crippen molar-refractivity contribution in [1.82, 2.24) is 10.3 Å². The number of nitrogens with one attached hydrogen (secondary N) is 2. The molecule has 110 valence electrons. The lowest BCUT2D eigenvalue weighted by Gasteiger charge is -2.41. The minimum Gasteiger partial charge on any atom is -0.481 e. The van der Waals surface area contributed by atoms with Gasteiger partial charge in [0.2, 0.25) is 0 Å². The summed E-state index contributed by atoms with van der Waals surface area (Å²) < 4.78 is 0.997. The maximum absolute atomic E-state index is 12.0. The molecule has 7 heteroatoms. The van der Waals surface area contributed by atoms with E-state index in [1.807, 2.05) is 24.3 Å². The molecule has 1 saturated carbocycles. The highest BCUT2D eigenvalue weighted by molar-refractivity contribution is 7.22. The third-order valence-electron chi connectivity index (χ3n) is 3.69. The number of aliphatic carboxylic acids is 1. The molecule has 0 unspecified atom stereocenters. The van der Waals surface area contributed by atoms with Crippen LogP contribution in [0.15, 0.2) is 24.3 Å². The van der Waals surface area contributed by atoms with E-state index < -0.39 is 17.5 Å². The molecule has 1 heterocycles. The standard InChI is InChI=1S/C14H15N3O3S/c18-11(19)8-14(6-3-7-14)17-12(20)16-13-15-9-4-1-2-5-10(9)21-13/h1-2,4-5H,3,6-8H2,(H,18,19)(H2,15,16,17,20). The highest BCUT2D eigenvalue weighted by atomic mass is 32.1. The van der Waals surface area contributed by atoms with Crippen molar-refractivity contribution in [1.29, 1.82) is 0 Å². The Kier molecular flexibility index (Phi) is 3.50. The minimum absolute atomic E-state index is 0.0414. The van der Waals surface area contributed by atoms with Crippen LogP contribution in [0.25, 0.3) is 10.2 Å². The van der Waals surface area contributed by atoms with Gasteiger partial charge in [-0.05, 0) is 31.4 Å². The Morgan fingerprint density at radius 1 is 1.33 bits per heavy atom. The molecule has 1 aromatic heterocycles. The summed E-state index contributed by atoms with van der Waals surface area (Å²) in [5.41, 5.74) is 0.230. The molecular formula is C14H15N3O3S. The summed E-state index contributed by atoms with van der Waals surface area (Å²) in [5.74, 6) is -0.894. The number of para-hydroxylation sites is 1. The molecule has 1 aromatic carbocycles. The summed E-state index contributed by atoms with van der Waals surface area (Å²) in [6.07, 6.45) is 2.30. The van der Waals surface area contributed by atoms with Gasteiger partial charge in [0, 0.05) is 0 Å². The lowest BCUT2D eigenvalue weighted by Crippen LogP contribution is -2.55. The lowest BCUT2D eigenvalue weighted by atomic mass is 9.74. The highest BCUT2D eigenvalue weighted by Gasteiger charge is 2.40. The predicted molar refractivity (Wildman–Crippen MR) is 80.6 cm³/mol. The first-order valence-corrected chi connectivity index (χ1v) is 7.55. The topological polar surface area (TPSA) is 91.3 Å². The van der Waals surface area contributed by atoms with E-state index in [2.05, 4.69) is 15.6 Å². The largest absolute Gasteiger partial charge is 0.481 e. The Morgan fingerprint density at radius 2 is 2.10 bits per heavy atom. The van der Waals surface area contributed by atoms with Crippen LogP contribution in [0.1, 0.15) is 25.7 Å². The molecular weight excluding hydrogens is 290 g/mol. The van der Waals surface area contributed by atoms with E-state index in [1.165, 1.54) is 11.3 Å². The third kappa shape index (κ3) is 2.97. The van der Waals surface area contributed by atoms with E-state index >= 15 is 0 Å². The van der Waals surface area contributed by atoms with E-state index in [4.69, 9.17) is 5.11 Å². The molecule has 2 aromatic rings. The number of amides is 2. The molecule has 2 amide bonds. The Bertz CT molecular complexity index is 661. The lowest BCUT2D eigenvalue weighted by molar-refractivity contribution is -0.139. The van der Waals surface area contributed by atoms with Crippen LogP contribution in [0.5, 0.6) is 0 Å². The number of carboxylic acids is 1. The van der Waals surface area contributed by atoms with Gasteiger partial charge < -0.3 is 10.4 Å². The summed E-state index contributed by atoms with van der Waals surface area (Å²) in [6, 6.07) is 7.23. The Balaban J connectivity index is 1.67. The van der Waals surface area contributed by atoms with Crippen molar-refractivity contribution in [2.75, 3.05) is 5.32 Å². The van der Waals surface area contributed by atoms with E-state index in [9.17, 15) is 9.59 Å². The second-order valence-corrected chi connectivity index (χ2v) is 6.30. The number of carbonyl (C=O) groups excluding carboxylic acids is 1. The van der Waals surface area contributed by atoms with E-state index in [0.29, 0.717) is 18.0 Å². The third-order valence-corrected chi connectivity index (χ3v) is 4.65. The van der Waals surface area contributed by atoms with Gasteiger partial charge in [0.05, 0.1) is 22.2 Å². The number of thiazole rings is 1. The highest BCUT2D eigenvalue weighted by Crippen LogP contribution is 2.35. The maximum atomic E-state index is 12.0. The SMILES string of the molecule is O=C(O)CC1(NC(=O)Nc2nc3ccccc3s2)CCC1. The predicted octanol–water partition coefficient (Wildman–Crippen LogP) is 2.82. The van der Waals surface area contributed by atoms with Crippen LogP contribution >= 0.6 is 11.3 Å². The van der Waals surface area contributed by atoms with Crippen molar-refractivity contribution in [2.45, 2.75) is 31.2 Å². The zero-order valence-corrected chi connectivity index (χ0v) is 12.1. The van der Waals surface area contributed by atoms with Crippen molar-refractivity contribution in [3.05, 3.63) is 24.3 Å². The van der Waals surface area contributed by atoms with Gasteiger partial charge in [-0.15, -0.1) is 0 Å². The Morgan fingerprint density at radius 3 is 2.71 bits per heavy atom. The van der Waals surface area contributed by atoms with Crippen LogP contribution in [0.2, 0.25) is 0 Å². The number of hydrogen-bond acceptors (Lipinski definition) is 4. The molecule has 0 bridgehead atoms. The van der Waals surface area contributed by atoms with Crippen LogP contribution < -0.4 is 10.6 Å². The molecule has 0 atom stereocenters. The summed E-state index contributed by atoms with van der Waals surface area (Å²) in [6.45, 7) is 0. The van der Waals surface area contributed by atoms with Crippen molar-refractivity contribution in [2.24, 2.45) is 0 Å². The van der Waals surface area contributed by atoms with E-state index in [1.54, 1.807) is 0 Å². The van der Waals surface area contributed by atoms with Crippen LogP contribution in [0.3, 0.4) is 0 Å². The fraction of sp³-hybridized carbons (Fsp3) is 0.357. The quantitative estimate of drug-likeness (QED) is 0.810. The van der Waals surface area contributed by atoms with Crippen LogP contribution in [0.4, 0.5) is 9.93 Å². The zero-order chi connectivity index (χ0) is 14.9. The molecule has 3 rings (SSSR count).